The Morgan fingerprint density at radius 2 is 1.79 bits per heavy atom. The van der Waals surface area contributed by atoms with E-state index in [1.807, 2.05) is 0 Å². The third-order valence-electron chi connectivity index (χ3n) is 4.07. The van der Waals surface area contributed by atoms with E-state index in [0.717, 1.165) is 0 Å². The highest BCUT2D eigenvalue weighted by Gasteiger charge is 2.16. The summed E-state index contributed by atoms with van der Waals surface area (Å²) in [7, 11) is 1.27. The SMILES string of the molecule is COC(=O)c1ccccc1NC(=O)c1cc(NCc2ccccc2F)nc(C)n1. The molecule has 0 unspecified atom stereocenters. The summed E-state index contributed by atoms with van der Waals surface area (Å²) in [5.74, 6) is -0.655. The highest BCUT2D eigenvalue weighted by molar-refractivity contribution is 6.07. The Morgan fingerprint density at radius 3 is 2.55 bits per heavy atom. The second-order valence-corrected chi connectivity index (χ2v) is 6.12. The van der Waals surface area contributed by atoms with Gasteiger partial charge in [-0.15, -0.1) is 0 Å². The van der Waals surface area contributed by atoms with Crippen molar-refractivity contribution < 1.29 is 18.7 Å². The van der Waals surface area contributed by atoms with Crippen LogP contribution in [-0.4, -0.2) is 29.0 Å². The van der Waals surface area contributed by atoms with E-state index in [9.17, 15) is 14.0 Å². The smallest absolute Gasteiger partial charge is 0.339 e. The Hall–Kier alpha value is -3.81. The number of rotatable bonds is 6. The third-order valence-corrected chi connectivity index (χ3v) is 4.07. The average molecular weight is 394 g/mol. The van der Waals surface area contributed by atoms with Crippen LogP contribution < -0.4 is 10.6 Å². The van der Waals surface area contributed by atoms with Crippen molar-refractivity contribution in [3.05, 3.63) is 83.1 Å². The number of methoxy groups -OCH3 is 1. The lowest BCUT2D eigenvalue weighted by Gasteiger charge is -2.11. The summed E-state index contributed by atoms with van der Waals surface area (Å²) < 4.78 is 18.5. The normalized spacial score (nSPS) is 10.3. The molecule has 3 rings (SSSR count). The lowest BCUT2D eigenvalue weighted by atomic mass is 10.1. The number of aromatic nitrogens is 2. The second kappa shape index (κ2) is 8.92. The van der Waals surface area contributed by atoms with E-state index in [2.05, 4.69) is 20.6 Å². The van der Waals surface area contributed by atoms with Crippen LogP contribution >= 0.6 is 0 Å². The molecule has 2 aromatic carbocycles. The van der Waals surface area contributed by atoms with Crippen molar-refractivity contribution in [2.75, 3.05) is 17.7 Å². The highest BCUT2D eigenvalue weighted by atomic mass is 19.1. The predicted molar refractivity (Wildman–Crippen MR) is 106 cm³/mol. The van der Waals surface area contributed by atoms with Crippen LogP contribution in [0.1, 0.15) is 32.2 Å². The van der Waals surface area contributed by atoms with Crippen LogP contribution in [-0.2, 0) is 11.3 Å². The summed E-state index contributed by atoms with van der Waals surface area (Å²) in [6.07, 6.45) is 0. The molecule has 0 radical (unpaired) electrons. The van der Waals surface area contributed by atoms with E-state index in [-0.39, 0.29) is 23.6 Å². The van der Waals surface area contributed by atoms with Gasteiger partial charge in [-0.05, 0) is 25.1 Å². The lowest BCUT2D eigenvalue weighted by Crippen LogP contribution is -2.18. The summed E-state index contributed by atoms with van der Waals surface area (Å²) in [6, 6.07) is 14.3. The summed E-state index contributed by atoms with van der Waals surface area (Å²) in [5.41, 5.74) is 1.11. The molecule has 7 nitrogen and oxygen atoms in total. The molecule has 0 aliphatic carbocycles. The summed E-state index contributed by atoms with van der Waals surface area (Å²) >= 11 is 0. The molecule has 0 atom stereocenters. The number of hydrogen-bond donors (Lipinski definition) is 2. The minimum atomic E-state index is -0.563. The fourth-order valence-electron chi connectivity index (χ4n) is 2.67. The van der Waals surface area contributed by atoms with Crippen LogP contribution in [0.25, 0.3) is 0 Å². The largest absolute Gasteiger partial charge is 0.465 e. The second-order valence-electron chi connectivity index (χ2n) is 6.12. The van der Waals surface area contributed by atoms with E-state index in [4.69, 9.17) is 4.74 Å². The molecule has 0 aliphatic rings. The van der Waals surface area contributed by atoms with E-state index in [1.165, 1.54) is 19.2 Å². The molecule has 3 aromatic rings. The number of aryl methyl sites for hydroxylation is 1. The molecule has 0 bridgehead atoms. The molecule has 29 heavy (non-hydrogen) atoms. The van der Waals surface area contributed by atoms with Crippen molar-refractivity contribution in [1.82, 2.24) is 9.97 Å². The molecule has 1 heterocycles. The van der Waals surface area contributed by atoms with Gasteiger partial charge in [0.15, 0.2) is 0 Å². The highest BCUT2D eigenvalue weighted by Crippen LogP contribution is 2.18. The van der Waals surface area contributed by atoms with Crippen molar-refractivity contribution >= 4 is 23.4 Å². The van der Waals surface area contributed by atoms with E-state index < -0.39 is 11.9 Å². The number of esters is 1. The lowest BCUT2D eigenvalue weighted by molar-refractivity contribution is 0.0602. The molecule has 0 aliphatic heterocycles. The van der Waals surface area contributed by atoms with Gasteiger partial charge < -0.3 is 15.4 Å². The predicted octanol–water partition coefficient (Wildman–Crippen LogP) is 3.58. The number of anilines is 2. The van der Waals surface area contributed by atoms with Crippen molar-refractivity contribution in [2.45, 2.75) is 13.5 Å². The summed E-state index contributed by atoms with van der Waals surface area (Å²) in [4.78, 5) is 32.9. The van der Waals surface area contributed by atoms with Gasteiger partial charge in [0.25, 0.3) is 5.91 Å². The number of nitrogens with zero attached hydrogens (tertiary/aromatic N) is 2. The maximum Gasteiger partial charge on any atom is 0.339 e. The average Bonchev–Trinajstić information content (AvgIpc) is 2.72. The molecule has 1 amide bonds. The van der Waals surface area contributed by atoms with Gasteiger partial charge in [0, 0.05) is 18.2 Å². The first-order valence-electron chi connectivity index (χ1n) is 8.79. The fourth-order valence-corrected chi connectivity index (χ4v) is 2.67. The first-order valence-corrected chi connectivity index (χ1v) is 8.79. The Labute approximate surface area is 167 Å². The molecule has 0 spiro atoms. The van der Waals surface area contributed by atoms with Gasteiger partial charge in [-0.1, -0.05) is 30.3 Å². The summed E-state index contributed by atoms with van der Waals surface area (Å²) in [6.45, 7) is 1.85. The Morgan fingerprint density at radius 1 is 1.07 bits per heavy atom. The van der Waals surface area contributed by atoms with Crippen molar-refractivity contribution in [3.63, 3.8) is 0 Å². The minimum Gasteiger partial charge on any atom is -0.465 e. The number of amides is 1. The minimum absolute atomic E-state index is 0.105. The molecule has 2 N–H and O–H groups in total. The standard InChI is InChI=1S/C21H19FN4O3/c1-13-24-18(11-19(25-13)23-12-14-7-3-5-9-16(14)22)20(27)26-17-10-6-4-8-15(17)21(28)29-2/h3-11H,12H2,1-2H3,(H,26,27)(H,23,24,25). The van der Waals surface area contributed by atoms with Crippen molar-refractivity contribution in [1.29, 1.82) is 0 Å². The zero-order valence-electron chi connectivity index (χ0n) is 15.9. The van der Waals surface area contributed by atoms with Gasteiger partial charge >= 0.3 is 5.97 Å². The quantitative estimate of drug-likeness (QED) is 0.621. The van der Waals surface area contributed by atoms with E-state index >= 15 is 0 Å². The number of carbonyl (C=O) groups is 2. The number of ether oxygens (including phenoxy) is 1. The van der Waals surface area contributed by atoms with Gasteiger partial charge in [0.1, 0.15) is 23.2 Å². The van der Waals surface area contributed by atoms with Gasteiger partial charge in [-0.25, -0.2) is 19.2 Å². The molecule has 0 saturated carbocycles. The Balaban J connectivity index is 1.78. The van der Waals surface area contributed by atoms with Crippen LogP contribution in [0.2, 0.25) is 0 Å². The number of benzene rings is 2. The molecule has 148 valence electrons. The maximum atomic E-state index is 13.8. The monoisotopic (exact) mass is 394 g/mol. The summed E-state index contributed by atoms with van der Waals surface area (Å²) in [5, 5.41) is 5.66. The number of para-hydroxylation sites is 1. The van der Waals surface area contributed by atoms with Crippen LogP contribution in [0.4, 0.5) is 15.9 Å². The molecular weight excluding hydrogens is 375 g/mol. The van der Waals surface area contributed by atoms with Crippen LogP contribution in [0.3, 0.4) is 0 Å². The third kappa shape index (κ3) is 4.92. The number of halogens is 1. The van der Waals surface area contributed by atoms with Crippen LogP contribution in [0, 0.1) is 12.7 Å². The first-order chi connectivity index (χ1) is 14.0. The van der Waals surface area contributed by atoms with Gasteiger partial charge in [0.2, 0.25) is 0 Å². The number of carbonyl (C=O) groups excluding carboxylic acids is 2. The Bertz CT molecular complexity index is 1060. The Kier molecular flexibility index (Phi) is 6.13. The van der Waals surface area contributed by atoms with E-state index in [0.29, 0.717) is 22.9 Å². The topological polar surface area (TPSA) is 93.2 Å². The zero-order valence-corrected chi connectivity index (χ0v) is 15.9. The molecule has 1 aromatic heterocycles. The van der Waals surface area contributed by atoms with Gasteiger partial charge in [-0.2, -0.15) is 0 Å². The van der Waals surface area contributed by atoms with E-state index in [1.54, 1.807) is 49.4 Å². The van der Waals surface area contributed by atoms with Crippen LogP contribution in [0.15, 0.2) is 54.6 Å². The molecule has 0 saturated heterocycles. The van der Waals surface area contributed by atoms with Crippen molar-refractivity contribution in [3.8, 4) is 0 Å². The fraction of sp³-hybridized carbons (Fsp3) is 0.143. The molecular formula is C21H19FN4O3. The van der Waals surface area contributed by atoms with Gasteiger partial charge in [-0.3, -0.25) is 4.79 Å². The van der Waals surface area contributed by atoms with Gasteiger partial charge in [0.05, 0.1) is 18.4 Å². The maximum absolute atomic E-state index is 13.8. The molecule has 0 fully saturated rings. The zero-order chi connectivity index (χ0) is 20.8. The number of hydrogen-bond acceptors (Lipinski definition) is 6. The number of nitrogens with one attached hydrogen (secondary N) is 2. The molecule has 8 heteroatoms. The van der Waals surface area contributed by atoms with Crippen molar-refractivity contribution in [2.24, 2.45) is 0 Å². The first kappa shape index (κ1) is 19.9. The van der Waals surface area contributed by atoms with Crippen LogP contribution in [0.5, 0.6) is 0 Å².